The molecule has 7 nitrogen and oxygen atoms in total. The van der Waals surface area contributed by atoms with Gasteiger partial charge >= 0.3 is 6.03 Å². The van der Waals surface area contributed by atoms with E-state index < -0.39 is 0 Å². The number of ether oxygens (including phenoxy) is 1. The molecule has 0 saturated carbocycles. The van der Waals surface area contributed by atoms with Crippen LogP contribution in [0.1, 0.15) is 33.7 Å². The molecule has 1 aliphatic rings. The summed E-state index contributed by atoms with van der Waals surface area (Å²) in [6, 6.07) is 0.483. The lowest BCUT2D eigenvalue weighted by Gasteiger charge is -2.20. The van der Waals surface area contributed by atoms with Gasteiger partial charge in [-0.1, -0.05) is 0 Å². The maximum Gasteiger partial charge on any atom is 0.319 e. The summed E-state index contributed by atoms with van der Waals surface area (Å²) in [7, 11) is 1.69. The van der Waals surface area contributed by atoms with Gasteiger partial charge in [-0.3, -0.25) is 9.58 Å². The molecule has 1 aromatic heterocycles. The Kier molecular flexibility index (Phi) is 5.42. The number of carbonyl (C=O) groups is 1. The number of rotatable bonds is 5. The summed E-state index contributed by atoms with van der Waals surface area (Å²) in [5, 5.41) is 10.0. The molecule has 2 heterocycles. The van der Waals surface area contributed by atoms with Crippen molar-refractivity contribution in [1.29, 1.82) is 0 Å². The highest BCUT2D eigenvalue weighted by molar-refractivity contribution is 5.89. The largest absolute Gasteiger partial charge is 0.378 e. The number of hydrogen-bond acceptors (Lipinski definition) is 4. The molecule has 0 bridgehead atoms. The predicted molar refractivity (Wildman–Crippen MR) is 86.1 cm³/mol. The summed E-state index contributed by atoms with van der Waals surface area (Å²) in [5.41, 5.74) is 0.693. The molecule has 2 atom stereocenters. The molecular formula is C15H27N5O2. The van der Waals surface area contributed by atoms with Crippen LogP contribution in [0.5, 0.6) is 0 Å². The van der Waals surface area contributed by atoms with E-state index in [1.807, 2.05) is 24.7 Å². The van der Waals surface area contributed by atoms with Crippen LogP contribution in [0.4, 0.5) is 10.5 Å². The highest BCUT2D eigenvalue weighted by Crippen LogP contribution is 2.16. The second kappa shape index (κ2) is 7.11. The lowest BCUT2D eigenvalue weighted by atomic mass is 10.2. The van der Waals surface area contributed by atoms with Gasteiger partial charge in [-0.2, -0.15) is 5.10 Å². The first kappa shape index (κ1) is 16.8. The van der Waals surface area contributed by atoms with Crippen LogP contribution >= 0.6 is 0 Å². The Bertz CT molecular complexity index is 500. The fourth-order valence-corrected chi connectivity index (χ4v) is 2.62. The SMILES string of the molecule is CO[C@H]1CN(C(C)C)C[C@@H]1NC(=O)Nc1cnn(C(C)C)c1. The summed E-state index contributed by atoms with van der Waals surface area (Å²) in [4.78, 5) is 14.5. The van der Waals surface area contributed by atoms with Crippen molar-refractivity contribution in [2.24, 2.45) is 0 Å². The lowest BCUT2D eigenvalue weighted by Crippen LogP contribution is -2.45. The summed E-state index contributed by atoms with van der Waals surface area (Å²) in [6.45, 7) is 10.0. The minimum Gasteiger partial charge on any atom is -0.378 e. The van der Waals surface area contributed by atoms with Gasteiger partial charge in [0, 0.05) is 38.5 Å². The molecule has 1 aliphatic heterocycles. The van der Waals surface area contributed by atoms with Gasteiger partial charge < -0.3 is 15.4 Å². The molecule has 2 amide bonds. The molecule has 1 aromatic rings. The first-order valence-electron chi connectivity index (χ1n) is 7.79. The molecule has 0 unspecified atom stereocenters. The minimum atomic E-state index is -0.221. The second-order valence-electron chi connectivity index (χ2n) is 6.33. The van der Waals surface area contributed by atoms with Crippen molar-refractivity contribution in [3.05, 3.63) is 12.4 Å². The number of amides is 2. The van der Waals surface area contributed by atoms with E-state index in [1.54, 1.807) is 13.3 Å². The first-order valence-corrected chi connectivity index (χ1v) is 7.79. The van der Waals surface area contributed by atoms with Crippen LogP contribution in [0.3, 0.4) is 0 Å². The molecule has 0 radical (unpaired) electrons. The lowest BCUT2D eigenvalue weighted by molar-refractivity contribution is 0.0896. The standard InChI is InChI=1S/C15H27N5O2/c1-10(2)19-8-13(14(9-19)22-5)18-15(21)17-12-6-16-20(7-12)11(3)4/h6-7,10-11,13-14H,8-9H2,1-5H3,(H2,17,18,21)/t13-,14-/m0/s1. The highest BCUT2D eigenvalue weighted by Gasteiger charge is 2.34. The van der Waals surface area contributed by atoms with Crippen molar-refractivity contribution in [3.8, 4) is 0 Å². The highest BCUT2D eigenvalue weighted by atomic mass is 16.5. The molecule has 0 aromatic carbocycles. The number of methoxy groups -OCH3 is 1. The minimum absolute atomic E-state index is 0.00690. The Labute approximate surface area is 132 Å². The molecular weight excluding hydrogens is 282 g/mol. The van der Waals surface area contributed by atoms with E-state index in [0.717, 1.165) is 13.1 Å². The van der Waals surface area contributed by atoms with E-state index >= 15 is 0 Å². The third-order valence-electron chi connectivity index (χ3n) is 4.03. The predicted octanol–water partition coefficient (Wildman–Crippen LogP) is 1.69. The molecule has 22 heavy (non-hydrogen) atoms. The number of nitrogens with zero attached hydrogens (tertiary/aromatic N) is 3. The van der Waals surface area contributed by atoms with E-state index in [0.29, 0.717) is 11.7 Å². The first-order chi connectivity index (χ1) is 10.4. The topological polar surface area (TPSA) is 71.4 Å². The molecule has 124 valence electrons. The fourth-order valence-electron chi connectivity index (χ4n) is 2.62. The van der Waals surface area contributed by atoms with Gasteiger partial charge in [0.2, 0.25) is 0 Å². The monoisotopic (exact) mass is 309 g/mol. The van der Waals surface area contributed by atoms with Gasteiger partial charge in [0.05, 0.1) is 24.0 Å². The Morgan fingerprint density at radius 2 is 2.05 bits per heavy atom. The van der Waals surface area contributed by atoms with Crippen molar-refractivity contribution >= 4 is 11.7 Å². The van der Waals surface area contributed by atoms with Gasteiger partial charge in [0.1, 0.15) is 0 Å². The summed E-state index contributed by atoms with van der Waals surface area (Å²) >= 11 is 0. The summed E-state index contributed by atoms with van der Waals surface area (Å²) in [5.74, 6) is 0. The molecule has 1 fully saturated rings. The Morgan fingerprint density at radius 1 is 1.32 bits per heavy atom. The molecule has 7 heteroatoms. The van der Waals surface area contributed by atoms with Gasteiger partial charge in [-0.15, -0.1) is 0 Å². The Balaban J connectivity index is 1.90. The number of aromatic nitrogens is 2. The Morgan fingerprint density at radius 3 is 2.59 bits per heavy atom. The van der Waals surface area contributed by atoms with Gasteiger partial charge in [0.25, 0.3) is 0 Å². The number of nitrogens with one attached hydrogen (secondary N) is 2. The molecule has 2 rings (SSSR count). The third kappa shape index (κ3) is 3.98. The van der Waals surface area contributed by atoms with Gasteiger partial charge in [0.15, 0.2) is 0 Å². The van der Waals surface area contributed by atoms with Crippen LogP contribution in [-0.2, 0) is 4.74 Å². The normalized spacial score (nSPS) is 22.5. The van der Waals surface area contributed by atoms with E-state index in [4.69, 9.17) is 4.74 Å². The average Bonchev–Trinajstić information content (AvgIpc) is 3.05. The summed E-state index contributed by atoms with van der Waals surface area (Å²) in [6.07, 6.45) is 3.50. The van der Waals surface area contributed by atoms with Crippen LogP contribution in [0.15, 0.2) is 12.4 Å². The van der Waals surface area contributed by atoms with E-state index in [9.17, 15) is 4.79 Å². The van der Waals surface area contributed by atoms with Crippen LogP contribution in [0, 0.1) is 0 Å². The van der Waals surface area contributed by atoms with Crippen molar-refractivity contribution in [2.75, 3.05) is 25.5 Å². The van der Waals surface area contributed by atoms with Crippen molar-refractivity contribution in [2.45, 2.75) is 51.9 Å². The number of likely N-dealkylation sites (tertiary alicyclic amines) is 1. The van der Waals surface area contributed by atoms with E-state index in [1.165, 1.54) is 0 Å². The number of anilines is 1. The number of carbonyl (C=O) groups excluding carboxylic acids is 1. The fraction of sp³-hybridized carbons (Fsp3) is 0.733. The van der Waals surface area contributed by atoms with Crippen LogP contribution in [0.25, 0.3) is 0 Å². The van der Waals surface area contributed by atoms with Crippen molar-refractivity contribution < 1.29 is 9.53 Å². The molecule has 0 aliphatic carbocycles. The maximum absolute atomic E-state index is 12.2. The van der Waals surface area contributed by atoms with Gasteiger partial charge in [-0.25, -0.2) is 4.79 Å². The maximum atomic E-state index is 12.2. The van der Waals surface area contributed by atoms with Crippen LogP contribution < -0.4 is 10.6 Å². The third-order valence-corrected chi connectivity index (χ3v) is 4.03. The number of hydrogen-bond donors (Lipinski definition) is 2. The zero-order valence-corrected chi connectivity index (χ0v) is 14.0. The number of urea groups is 1. The summed E-state index contributed by atoms with van der Waals surface area (Å²) < 4.78 is 7.30. The van der Waals surface area contributed by atoms with Crippen LogP contribution in [-0.4, -0.2) is 59.1 Å². The Hall–Kier alpha value is -1.60. The van der Waals surface area contributed by atoms with E-state index in [-0.39, 0.29) is 24.2 Å². The van der Waals surface area contributed by atoms with Gasteiger partial charge in [-0.05, 0) is 27.7 Å². The molecule has 2 N–H and O–H groups in total. The molecule has 1 saturated heterocycles. The van der Waals surface area contributed by atoms with Crippen LogP contribution in [0.2, 0.25) is 0 Å². The zero-order chi connectivity index (χ0) is 16.3. The average molecular weight is 309 g/mol. The van der Waals surface area contributed by atoms with Crippen molar-refractivity contribution in [3.63, 3.8) is 0 Å². The van der Waals surface area contributed by atoms with E-state index in [2.05, 4.69) is 34.5 Å². The second-order valence-corrected chi connectivity index (χ2v) is 6.33. The molecule has 0 spiro atoms. The van der Waals surface area contributed by atoms with Crippen molar-refractivity contribution in [1.82, 2.24) is 20.0 Å². The smallest absolute Gasteiger partial charge is 0.319 e. The quantitative estimate of drug-likeness (QED) is 0.868. The zero-order valence-electron chi connectivity index (χ0n) is 14.0.